The largest absolute Gasteiger partial charge is 0.419 e. The van der Waals surface area contributed by atoms with Gasteiger partial charge in [-0.1, -0.05) is 19.1 Å². The van der Waals surface area contributed by atoms with Gasteiger partial charge < -0.3 is 10.0 Å². The second-order valence-corrected chi connectivity index (χ2v) is 5.54. The van der Waals surface area contributed by atoms with Gasteiger partial charge in [0.25, 0.3) is 0 Å². The molecule has 1 aliphatic rings. The highest BCUT2D eigenvalue weighted by molar-refractivity contribution is 5.32. The van der Waals surface area contributed by atoms with Crippen molar-refractivity contribution in [3.05, 3.63) is 35.1 Å². The third kappa shape index (κ3) is 3.37. The Kier molecular flexibility index (Phi) is 4.58. The molecule has 0 atom stereocenters. The normalized spacial score (nSPS) is 19.7. The van der Waals surface area contributed by atoms with E-state index >= 15 is 0 Å². The molecule has 0 amide bonds. The van der Waals surface area contributed by atoms with E-state index in [1.807, 2.05) is 6.92 Å². The molecule has 118 valence electrons. The van der Waals surface area contributed by atoms with Crippen LogP contribution in [0.1, 0.15) is 37.3 Å². The van der Waals surface area contributed by atoms with E-state index in [0.717, 1.165) is 19.0 Å². The van der Waals surface area contributed by atoms with Gasteiger partial charge in [-0.2, -0.15) is 13.2 Å². The van der Waals surface area contributed by atoms with Crippen molar-refractivity contribution < 1.29 is 22.7 Å². The monoisotopic (exact) mass is 305 g/mol. The third-order valence-corrected chi connectivity index (χ3v) is 4.03. The number of alkyl halides is 3. The molecule has 0 unspecified atom stereocenters. The molecular formula is C15H19F4NO. The van der Waals surface area contributed by atoms with Crippen molar-refractivity contribution in [3.63, 3.8) is 0 Å². The maximum atomic E-state index is 14.1. The lowest BCUT2D eigenvalue weighted by Gasteiger charge is -2.38. The zero-order valence-corrected chi connectivity index (χ0v) is 11.9. The van der Waals surface area contributed by atoms with Crippen LogP contribution in [0.5, 0.6) is 0 Å². The molecule has 1 aromatic carbocycles. The number of halogens is 4. The Bertz CT molecular complexity index is 493. The topological polar surface area (TPSA) is 23.5 Å². The van der Waals surface area contributed by atoms with Crippen molar-refractivity contribution in [1.82, 2.24) is 4.90 Å². The first-order valence-electron chi connectivity index (χ1n) is 7.09. The van der Waals surface area contributed by atoms with E-state index in [-0.39, 0.29) is 18.4 Å². The van der Waals surface area contributed by atoms with E-state index in [0.29, 0.717) is 19.2 Å². The molecule has 1 saturated heterocycles. The van der Waals surface area contributed by atoms with Gasteiger partial charge in [0.2, 0.25) is 0 Å². The minimum Gasteiger partial charge on any atom is -0.385 e. The van der Waals surface area contributed by atoms with Crippen LogP contribution in [0.15, 0.2) is 18.2 Å². The van der Waals surface area contributed by atoms with E-state index in [9.17, 15) is 22.7 Å². The van der Waals surface area contributed by atoms with Crippen LogP contribution < -0.4 is 0 Å². The molecule has 0 radical (unpaired) electrons. The Hall–Kier alpha value is -1.14. The Balaban J connectivity index is 2.26. The van der Waals surface area contributed by atoms with Crippen LogP contribution >= 0.6 is 0 Å². The highest BCUT2D eigenvalue weighted by atomic mass is 19.4. The number of piperidine rings is 1. The van der Waals surface area contributed by atoms with E-state index in [4.69, 9.17) is 0 Å². The molecule has 21 heavy (non-hydrogen) atoms. The smallest absolute Gasteiger partial charge is 0.385 e. The van der Waals surface area contributed by atoms with Crippen LogP contribution in [0.3, 0.4) is 0 Å². The molecule has 0 spiro atoms. The van der Waals surface area contributed by atoms with Gasteiger partial charge in [0.1, 0.15) is 5.82 Å². The van der Waals surface area contributed by atoms with Crippen LogP contribution in [0.2, 0.25) is 0 Å². The van der Waals surface area contributed by atoms with E-state index in [1.54, 1.807) is 0 Å². The number of benzene rings is 1. The highest BCUT2D eigenvalue weighted by Gasteiger charge is 2.40. The standard InChI is InChI=1S/C15H19F4NO/c1-2-8-20-9-6-14(21,7-10-20)11-4-3-5-12(13(11)16)15(17,18)19/h3-5,21H,2,6-10H2,1H3. The lowest BCUT2D eigenvalue weighted by molar-refractivity contribution is -0.140. The fourth-order valence-corrected chi connectivity index (χ4v) is 2.84. The van der Waals surface area contributed by atoms with Gasteiger partial charge in [-0.15, -0.1) is 0 Å². The number of hydrogen-bond donors (Lipinski definition) is 1. The van der Waals surface area contributed by atoms with E-state index in [2.05, 4.69) is 4.90 Å². The quantitative estimate of drug-likeness (QED) is 0.864. The summed E-state index contributed by atoms with van der Waals surface area (Å²) >= 11 is 0. The third-order valence-electron chi connectivity index (χ3n) is 4.03. The predicted octanol–water partition coefficient (Wildman–Crippen LogP) is 3.54. The van der Waals surface area contributed by atoms with Gasteiger partial charge in [0.15, 0.2) is 0 Å². The zero-order valence-electron chi connectivity index (χ0n) is 11.9. The molecule has 1 N–H and O–H groups in total. The molecule has 1 fully saturated rings. The average Bonchev–Trinajstić information content (AvgIpc) is 2.40. The fraction of sp³-hybridized carbons (Fsp3) is 0.600. The lowest BCUT2D eigenvalue weighted by atomic mass is 9.83. The number of rotatable bonds is 3. The fourth-order valence-electron chi connectivity index (χ4n) is 2.84. The summed E-state index contributed by atoms with van der Waals surface area (Å²) in [6.07, 6.45) is -3.30. The van der Waals surface area contributed by atoms with Crippen molar-refractivity contribution >= 4 is 0 Å². The maximum absolute atomic E-state index is 14.1. The van der Waals surface area contributed by atoms with E-state index in [1.165, 1.54) is 6.07 Å². The maximum Gasteiger partial charge on any atom is 0.419 e. The molecule has 2 rings (SSSR count). The van der Waals surface area contributed by atoms with Gasteiger partial charge in [0, 0.05) is 18.7 Å². The number of aliphatic hydroxyl groups is 1. The Morgan fingerprint density at radius 3 is 2.38 bits per heavy atom. The van der Waals surface area contributed by atoms with Gasteiger partial charge in [-0.05, 0) is 31.9 Å². The van der Waals surface area contributed by atoms with Crippen molar-refractivity contribution in [1.29, 1.82) is 0 Å². The zero-order chi connectivity index (χ0) is 15.7. The first kappa shape index (κ1) is 16.2. The van der Waals surface area contributed by atoms with Crippen LogP contribution in [-0.2, 0) is 11.8 Å². The summed E-state index contributed by atoms with van der Waals surface area (Å²) in [5, 5.41) is 10.6. The highest BCUT2D eigenvalue weighted by Crippen LogP contribution is 2.39. The van der Waals surface area contributed by atoms with Crippen LogP contribution in [0, 0.1) is 5.82 Å². The van der Waals surface area contributed by atoms with Gasteiger partial charge in [-0.25, -0.2) is 4.39 Å². The molecule has 0 bridgehead atoms. The number of hydrogen-bond acceptors (Lipinski definition) is 2. The second-order valence-electron chi connectivity index (χ2n) is 5.54. The van der Waals surface area contributed by atoms with Crippen molar-refractivity contribution in [2.75, 3.05) is 19.6 Å². The SMILES string of the molecule is CCCN1CCC(O)(c2cccc(C(F)(F)F)c2F)CC1. The van der Waals surface area contributed by atoms with Crippen LogP contribution in [0.4, 0.5) is 17.6 Å². The number of likely N-dealkylation sites (tertiary alicyclic amines) is 1. The summed E-state index contributed by atoms with van der Waals surface area (Å²) in [6, 6.07) is 3.10. The molecule has 0 aliphatic carbocycles. The average molecular weight is 305 g/mol. The van der Waals surface area contributed by atoms with Gasteiger partial charge in [-0.3, -0.25) is 0 Å². The van der Waals surface area contributed by atoms with Crippen molar-refractivity contribution in [2.24, 2.45) is 0 Å². The van der Waals surface area contributed by atoms with Crippen molar-refractivity contribution in [2.45, 2.75) is 38.0 Å². The number of nitrogens with zero attached hydrogens (tertiary/aromatic N) is 1. The summed E-state index contributed by atoms with van der Waals surface area (Å²) in [5.41, 5.74) is -3.08. The molecule has 0 aromatic heterocycles. The van der Waals surface area contributed by atoms with Gasteiger partial charge in [0.05, 0.1) is 11.2 Å². The first-order chi connectivity index (χ1) is 9.78. The molecule has 0 saturated carbocycles. The first-order valence-corrected chi connectivity index (χ1v) is 7.09. The summed E-state index contributed by atoms with van der Waals surface area (Å²) in [6.45, 7) is 4.02. The Morgan fingerprint density at radius 1 is 1.24 bits per heavy atom. The summed E-state index contributed by atoms with van der Waals surface area (Å²) in [4.78, 5) is 2.12. The molecule has 1 aliphatic heterocycles. The van der Waals surface area contributed by atoms with Crippen LogP contribution in [-0.4, -0.2) is 29.6 Å². The molecular weight excluding hydrogens is 286 g/mol. The van der Waals surface area contributed by atoms with Gasteiger partial charge >= 0.3 is 6.18 Å². The van der Waals surface area contributed by atoms with Crippen molar-refractivity contribution in [3.8, 4) is 0 Å². The summed E-state index contributed by atoms with van der Waals surface area (Å²) in [7, 11) is 0. The minimum absolute atomic E-state index is 0.241. The van der Waals surface area contributed by atoms with Crippen LogP contribution in [0.25, 0.3) is 0 Å². The molecule has 6 heteroatoms. The predicted molar refractivity (Wildman–Crippen MR) is 71.3 cm³/mol. The Morgan fingerprint density at radius 2 is 1.86 bits per heavy atom. The summed E-state index contributed by atoms with van der Waals surface area (Å²) < 4.78 is 52.4. The summed E-state index contributed by atoms with van der Waals surface area (Å²) in [5.74, 6) is -1.35. The molecule has 2 nitrogen and oxygen atoms in total. The minimum atomic E-state index is -4.75. The van der Waals surface area contributed by atoms with E-state index < -0.39 is 23.2 Å². The Labute approximate surface area is 121 Å². The second kappa shape index (κ2) is 5.93. The lowest BCUT2D eigenvalue weighted by Crippen LogP contribution is -2.43. The molecule has 1 heterocycles. The molecule has 1 aromatic rings.